The van der Waals surface area contributed by atoms with Crippen LogP contribution >= 0.6 is 0 Å². The van der Waals surface area contributed by atoms with Crippen molar-refractivity contribution in [2.45, 2.75) is 50.7 Å². The second kappa shape index (κ2) is 10.1. The molecular formula is C26H30FN3O3S. The number of amides is 1. The van der Waals surface area contributed by atoms with Gasteiger partial charge in [-0.25, -0.2) is 17.8 Å². The predicted octanol–water partition coefficient (Wildman–Crippen LogP) is 4.70. The summed E-state index contributed by atoms with van der Waals surface area (Å²) in [7, 11) is -3.71. The van der Waals surface area contributed by atoms with Gasteiger partial charge in [-0.05, 0) is 42.4 Å². The molecule has 1 aliphatic rings. The molecule has 1 amide bonds. The second-order valence-electron chi connectivity index (χ2n) is 9.39. The Hall–Kier alpha value is -3.00. The molecule has 1 aromatic heterocycles. The second-order valence-corrected chi connectivity index (χ2v) is 11.3. The Bertz CT molecular complexity index is 1250. The zero-order valence-electron chi connectivity index (χ0n) is 19.5. The van der Waals surface area contributed by atoms with Gasteiger partial charge in [0.25, 0.3) is 5.91 Å². The Balaban J connectivity index is 1.66. The van der Waals surface area contributed by atoms with Crippen molar-refractivity contribution < 1.29 is 17.6 Å². The molecule has 180 valence electrons. The smallest absolute Gasteiger partial charge is 0.257 e. The lowest BCUT2D eigenvalue weighted by Gasteiger charge is -2.24. The molecule has 6 nitrogen and oxygen atoms in total. The summed E-state index contributed by atoms with van der Waals surface area (Å²) in [6, 6.07) is 15.0. The van der Waals surface area contributed by atoms with Gasteiger partial charge in [-0.3, -0.25) is 4.79 Å². The summed E-state index contributed by atoms with van der Waals surface area (Å²) in [5.41, 5.74) is 1.34. The molecule has 1 fully saturated rings. The molecular weight excluding hydrogens is 453 g/mol. The maximum absolute atomic E-state index is 14.4. The topological polar surface area (TPSA) is 72.3 Å². The van der Waals surface area contributed by atoms with Crippen molar-refractivity contribution in [1.29, 1.82) is 0 Å². The highest BCUT2D eigenvalue weighted by Crippen LogP contribution is 2.31. The van der Waals surface area contributed by atoms with E-state index in [1.54, 1.807) is 45.9 Å². The quantitative estimate of drug-likeness (QED) is 0.419. The average molecular weight is 484 g/mol. The minimum Gasteiger partial charge on any atom is -0.332 e. The third-order valence-electron chi connectivity index (χ3n) is 5.85. The van der Waals surface area contributed by atoms with Gasteiger partial charge in [0.15, 0.2) is 0 Å². The van der Waals surface area contributed by atoms with Crippen molar-refractivity contribution in [2.75, 3.05) is 6.54 Å². The van der Waals surface area contributed by atoms with Crippen LogP contribution < -0.4 is 0 Å². The summed E-state index contributed by atoms with van der Waals surface area (Å²) >= 11 is 0. The maximum Gasteiger partial charge on any atom is 0.257 e. The number of hydrogen-bond donors (Lipinski definition) is 0. The van der Waals surface area contributed by atoms with Crippen LogP contribution in [0.3, 0.4) is 0 Å². The minimum atomic E-state index is -3.71. The molecule has 0 spiro atoms. The third kappa shape index (κ3) is 5.73. The van der Waals surface area contributed by atoms with Crippen LogP contribution in [0.4, 0.5) is 4.39 Å². The van der Waals surface area contributed by atoms with E-state index < -0.39 is 21.6 Å². The predicted molar refractivity (Wildman–Crippen MR) is 128 cm³/mol. The summed E-state index contributed by atoms with van der Waals surface area (Å²) < 4.78 is 42.6. The van der Waals surface area contributed by atoms with Crippen LogP contribution in [0.1, 0.15) is 48.3 Å². The first-order valence-corrected chi connectivity index (χ1v) is 13.2. The van der Waals surface area contributed by atoms with Gasteiger partial charge >= 0.3 is 0 Å². The Morgan fingerprint density at radius 1 is 1.12 bits per heavy atom. The SMILES string of the molecule is CC(C)Cn1c(CN(CC2CC2)C(=O)c2ccccc2F)cnc1S(=O)(=O)Cc1ccccc1. The van der Waals surface area contributed by atoms with Crippen LogP contribution in [0, 0.1) is 17.7 Å². The molecule has 0 aliphatic heterocycles. The Kier molecular flexibility index (Phi) is 7.16. The van der Waals surface area contributed by atoms with E-state index in [1.807, 2.05) is 19.9 Å². The molecule has 34 heavy (non-hydrogen) atoms. The molecule has 0 saturated heterocycles. The van der Waals surface area contributed by atoms with Gasteiger partial charge in [-0.15, -0.1) is 0 Å². The molecule has 4 rings (SSSR count). The van der Waals surface area contributed by atoms with Gasteiger partial charge in [-0.1, -0.05) is 56.3 Å². The van der Waals surface area contributed by atoms with Crippen molar-refractivity contribution in [2.24, 2.45) is 11.8 Å². The van der Waals surface area contributed by atoms with Crippen LogP contribution in [0.15, 0.2) is 66.0 Å². The zero-order chi connectivity index (χ0) is 24.3. The lowest BCUT2D eigenvalue weighted by atomic mass is 10.1. The Labute approximate surface area is 200 Å². The van der Waals surface area contributed by atoms with E-state index in [2.05, 4.69) is 4.98 Å². The largest absolute Gasteiger partial charge is 0.332 e. The number of carbonyl (C=O) groups is 1. The van der Waals surface area contributed by atoms with Crippen LogP contribution in [-0.4, -0.2) is 35.3 Å². The number of carbonyl (C=O) groups excluding carboxylic acids is 1. The molecule has 3 aromatic rings. The van der Waals surface area contributed by atoms with Gasteiger partial charge in [0.05, 0.1) is 29.8 Å². The molecule has 0 atom stereocenters. The monoisotopic (exact) mass is 483 g/mol. The summed E-state index contributed by atoms with van der Waals surface area (Å²) in [4.78, 5) is 19.2. The highest BCUT2D eigenvalue weighted by Gasteiger charge is 2.31. The number of aromatic nitrogens is 2. The standard InChI is InChI=1S/C26H30FN3O3S/c1-19(2)15-30-22(14-28-26(30)34(32,33)18-21-8-4-3-5-9-21)17-29(16-20-12-13-20)25(31)23-10-6-7-11-24(23)27/h3-11,14,19-20H,12-13,15-18H2,1-2H3. The molecule has 2 aromatic carbocycles. The highest BCUT2D eigenvalue weighted by molar-refractivity contribution is 7.90. The first kappa shape index (κ1) is 24.1. The lowest BCUT2D eigenvalue weighted by Crippen LogP contribution is -2.34. The number of hydrogen-bond acceptors (Lipinski definition) is 4. The maximum atomic E-state index is 14.4. The van der Waals surface area contributed by atoms with E-state index in [0.717, 1.165) is 12.8 Å². The van der Waals surface area contributed by atoms with Crippen molar-refractivity contribution in [1.82, 2.24) is 14.5 Å². The normalized spacial score (nSPS) is 13.9. The van der Waals surface area contributed by atoms with E-state index in [0.29, 0.717) is 30.3 Å². The highest BCUT2D eigenvalue weighted by atomic mass is 32.2. The van der Waals surface area contributed by atoms with E-state index >= 15 is 0 Å². The van der Waals surface area contributed by atoms with Gasteiger partial charge < -0.3 is 9.47 Å². The molecule has 0 bridgehead atoms. The van der Waals surface area contributed by atoms with Crippen LogP contribution in [0.5, 0.6) is 0 Å². The van der Waals surface area contributed by atoms with Crippen LogP contribution in [0.2, 0.25) is 0 Å². The summed E-state index contributed by atoms with van der Waals surface area (Å²) in [5, 5.41) is 0.00441. The molecule has 1 saturated carbocycles. The molecule has 0 N–H and O–H groups in total. The van der Waals surface area contributed by atoms with E-state index in [1.165, 1.54) is 18.3 Å². The molecule has 8 heteroatoms. The molecule has 1 heterocycles. The molecule has 0 radical (unpaired) electrons. The summed E-state index contributed by atoms with van der Waals surface area (Å²) in [6.45, 7) is 5.13. The summed E-state index contributed by atoms with van der Waals surface area (Å²) in [5.74, 6) is -0.551. The first-order chi connectivity index (χ1) is 16.2. The molecule has 1 aliphatic carbocycles. The Morgan fingerprint density at radius 3 is 2.44 bits per heavy atom. The number of rotatable bonds is 10. The third-order valence-corrected chi connectivity index (χ3v) is 7.44. The van der Waals surface area contributed by atoms with Gasteiger partial charge in [-0.2, -0.15) is 0 Å². The van der Waals surface area contributed by atoms with Gasteiger partial charge in [0.2, 0.25) is 15.0 Å². The van der Waals surface area contributed by atoms with Crippen molar-refractivity contribution in [3.63, 3.8) is 0 Å². The fourth-order valence-corrected chi connectivity index (χ4v) is 5.52. The zero-order valence-corrected chi connectivity index (χ0v) is 20.3. The number of nitrogens with zero attached hydrogens (tertiary/aromatic N) is 3. The number of halogens is 1. The number of imidazole rings is 1. The fourth-order valence-electron chi connectivity index (χ4n) is 4.02. The average Bonchev–Trinajstić information content (AvgIpc) is 3.52. The lowest BCUT2D eigenvalue weighted by molar-refractivity contribution is 0.0725. The first-order valence-electron chi connectivity index (χ1n) is 11.6. The summed E-state index contributed by atoms with van der Waals surface area (Å²) in [6.07, 6.45) is 3.60. The van der Waals surface area contributed by atoms with Crippen LogP contribution in [-0.2, 0) is 28.7 Å². The fraction of sp³-hybridized carbons (Fsp3) is 0.385. The van der Waals surface area contributed by atoms with Crippen LogP contribution in [0.25, 0.3) is 0 Å². The van der Waals surface area contributed by atoms with Crippen molar-refractivity contribution >= 4 is 15.7 Å². The van der Waals surface area contributed by atoms with Gasteiger partial charge in [0.1, 0.15) is 5.82 Å². The van der Waals surface area contributed by atoms with Crippen molar-refractivity contribution in [3.05, 3.63) is 83.4 Å². The van der Waals surface area contributed by atoms with E-state index in [4.69, 9.17) is 0 Å². The number of benzene rings is 2. The molecule has 0 unspecified atom stereocenters. The van der Waals surface area contributed by atoms with E-state index in [-0.39, 0.29) is 28.9 Å². The van der Waals surface area contributed by atoms with Crippen molar-refractivity contribution in [3.8, 4) is 0 Å². The number of sulfone groups is 1. The minimum absolute atomic E-state index is 0.00441. The van der Waals surface area contributed by atoms with Gasteiger partial charge in [0, 0.05) is 13.1 Å². The Morgan fingerprint density at radius 2 is 1.79 bits per heavy atom. The van der Waals surface area contributed by atoms with E-state index in [9.17, 15) is 17.6 Å².